The predicted molar refractivity (Wildman–Crippen MR) is 73.2 cm³/mol. The molecule has 1 saturated carbocycles. The molecule has 0 saturated heterocycles. The summed E-state index contributed by atoms with van der Waals surface area (Å²) in [4.78, 5) is 2.30. The van der Waals surface area contributed by atoms with Gasteiger partial charge in [-0.15, -0.1) is 0 Å². The third-order valence-electron chi connectivity index (χ3n) is 3.64. The Kier molecular flexibility index (Phi) is 6.45. The van der Waals surface area contributed by atoms with Crippen molar-refractivity contribution in [1.82, 2.24) is 10.2 Å². The van der Waals surface area contributed by atoms with Crippen molar-refractivity contribution in [3.8, 4) is 0 Å². The van der Waals surface area contributed by atoms with E-state index in [0.717, 1.165) is 39.0 Å². The van der Waals surface area contributed by atoms with Gasteiger partial charge in [0.2, 0.25) is 0 Å². The van der Waals surface area contributed by atoms with Crippen LogP contribution in [0.4, 0.5) is 0 Å². The first-order valence-electron chi connectivity index (χ1n) is 7.17. The van der Waals surface area contributed by atoms with Gasteiger partial charge in [0.15, 0.2) is 0 Å². The SMILES string of the molecule is CCCNCC(C)CN(C)CC1(O)CCCC1. The molecule has 1 fully saturated rings. The van der Waals surface area contributed by atoms with Crippen LogP contribution in [-0.2, 0) is 0 Å². The van der Waals surface area contributed by atoms with Gasteiger partial charge in [-0.3, -0.25) is 0 Å². The van der Waals surface area contributed by atoms with Crippen LogP contribution in [0, 0.1) is 5.92 Å². The zero-order chi connectivity index (χ0) is 12.7. The minimum absolute atomic E-state index is 0.398. The molecule has 0 spiro atoms. The van der Waals surface area contributed by atoms with E-state index < -0.39 is 5.60 Å². The van der Waals surface area contributed by atoms with Crippen molar-refractivity contribution in [2.24, 2.45) is 5.92 Å². The molecule has 0 heterocycles. The first-order valence-corrected chi connectivity index (χ1v) is 7.17. The minimum atomic E-state index is -0.398. The average Bonchev–Trinajstić information content (AvgIpc) is 2.64. The van der Waals surface area contributed by atoms with Gasteiger partial charge in [0.25, 0.3) is 0 Å². The van der Waals surface area contributed by atoms with Crippen molar-refractivity contribution in [3.05, 3.63) is 0 Å². The number of nitrogens with one attached hydrogen (secondary N) is 1. The molecule has 3 heteroatoms. The Labute approximate surface area is 107 Å². The largest absolute Gasteiger partial charge is 0.389 e. The Hall–Kier alpha value is -0.120. The Morgan fingerprint density at radius 1 is 1.35 bits per heavy atom. The Balaban J connectivity index is 2.17. The van der Waals surface area contributed by atoms with Crippen molar-refractivity contribution >= 4 is 0 Å². The highest BCUT2D eigenvalue weighted by Gasteiger charge is 2.32. The Morgan fingerprint density at radius 3 is 2.59 bits per heavy atom. The lowest BCUT2D eigenvalue weighted by Crippen LogP contribution is -2.42. The van der Waals surface area contributed by atoms with E-state index in [-0.39, 0.29) is 0 Å². The number of rotatable bonds is 8. The van der Waals surface area contributed by atoms with Gasteiger partial charge in [-0.2, -0.15) is 0 Å². The summed E-state index contributed by atoms with van der Waals surface area (Å²) in [7, 11) is 2.13. The van der Waals surface area contributed by atoms with E-state index in [1.165, 1.54) is 19.3 Å². The second kappa shape index (κ2) is 7.34. The van der Waals surface area contributed by atoms with Gasteiger partial charge in [0.1, 0.15) is 0 Å². The molecule has 1 aliphatic carbocycles. The monoisotopic (exact) mass is 242 g/mol. The number of likely N-dealkylation sites (N-methyl/N-ethyl adjacent to an activating group) is 1. The Morgan fingerprint density at radius 2 is 2.00 bits per heavy atom. The number of nitrogens with zero attached hydrogens (tertiary/aromatic N) is 1. The van der Waals surface area contributed by atoms with E-state index >= 15 is 0 Å². The second-order valence-electron chi connectivity index (χ2n) is 5.94. The van der Waals surface area contributed by atoms with E-state index in [1.807, 2.05) is 0 Å². The molecule has 1 rings (SSSR count). The second-order valence-corrected chi connectivity index (χ2v) is 5.94. The maximum absolute atomic E-state index is 10.3. The van der Waals surface area contributed by atoms with Crippen LogP contribution in [0.3, 0.4) is 0 Å². The first kappa shape index (κ1) is 14.9. The summed E-state index contributed by atoms with van der Waals surface area (Å²) in [5, 5.41) is 13.8. The van der Waals surface area contributed by atoms with Gasteiger partial charge in [0.05, 0.1) is 5.60 Å². The van der Waals surface area contributed by atoms with Gasteiger partial charge < -0.3 is 15.3 Å². The van der Waals surface area contributed by atoms with E-state index in [2.05, 4.69) is 31.1 Å². The van der Waals surface area contributed by atoms with Gasteiger partial charge in [-0.05, 0) is 45.3 Å². The van der Waals surface area contributed by atoms with Gasteiger partial charge in [-0.1, -0.05) is 26.7 Å². The molecule has 0 aliphatic heterocycles. The molecule has 1 atom stereocenters. The van der Waals surface area contributed by atoms with Crippen molar-refractivity contribution in [3.63, 3.8) is 0 Å². The molecule has 1 aliphatic rings. The van der Waals surface area contributed by atoms with Crippen LogP contribution in [0.1, 0.15) is 46.0 Å². The van der Waals surface area contributed by atoms with Crippen molar-refractivity contribution < 1.29 is 5.11 Å². The van der Waals surface area contributed by atoms with Crippen LogP contribution in [-0.4, -0.2) is 48.8 Å². The zero-order valence-corrected chi connectivity index (χ0v) is 11.8. The summed E-state index contributed by atoms with van der Waals surface area (Å²) < 4.78 is 0. The van der Waals surface area contributed by atoms with Crippen LogP contribution in [0.2, 0.25) is 0 Å². The normalized spacial score (nSPS) is 21.0. The maximum Gasteiger partial charge on any atom is 0.0774 e. The standard InChI is InChI=1S/C14H30N2O/c1-4-9-15-10-13(2)11-16(3)12-14(17)7-5-6-8-14/h13,15,17H,4-12H2,1-3H3. The molecule has 0 radical (unpaired) electrons. The third-order valence-corrected chi connectivity index (χ3v) is 3.64. The molecule has 0 aromatic carbocycles. The highest BCUT2D eigenvalue weighted by molar-refractivity contribution is 4.86. The van der Waals surface area contributed by atoms with Gasteiger partial charge in [-0.25, -0.2) is 0 Å². The van der Waals surface area contributed by atoms with Gasteiger partial charge in [0, 0.05) is 13.1 Å². The lowest BCUT2D eigenvalue weighted by molar-refractivity contribution is 0.0135. The fourth-order valence-electron chi connectivity index (χ4n) is 2.88. The Bertz CT molecular complexity index is 202. The van der Waals surface area contributed by atoms with Crippen LogP contribution in [0.25, 0.3) is 0 Å². The predicted octanol–water partition coefficient (Wildman–Crippen LogP) is 1.86. The molecule has 3 nitrogen and oxygen atoms in total. The first-order chi connectivity index (χ1) is 8.06. The van der Waals surface area contributed by atoms with E-state index in [1.54, 1.807) is 0 Å². The molecule has 0 aromatic heterocycles. The lowest BCUT2D eigenvalue weighted by atomic mass is 10.0. The summed E-state index contributed by atoms with van der Waals surface area (Å²) in [6, 6.07) is 0. The van der Waals surface area contributed by atoms with E-state index in [9.17, 15) is 5.11 Å². The summed E-state index contributed by atoms with van der Waals surface area (Å²) in [6.07, 6.45) is 5.55. The molecule has 102 valence electrons. The van der Waals surface area contributed by atoms with E-state index in [4.69, 9.17) is 0 Å². The molecular formula is C14H30N2O. The highest BCUT2D eigenvalue weighted by Crippen LogP contribution is 2.29. The van der Waals surface area contributed by atoms with Crippen molar-refractivity contribution in [2.45, 2.75) is 51.6 Å². The fourth-order valence-corrected chi connectivity index (χ4v) is 2.88. The fraction of sp³-hybridized carbons (Fsp3) is 1.00. The number of hydrogen-bond donors (Lipinski definition) is 2. The summed E-state index contributed by atoms with van der Waals surface area (Å²) >= 11 is 0. The van der Waals surface area contributed by atoms with Crippen LogP contribution < -0.4 is 5.32 Å². The van der Waals surface area contributed by atoms with E-state index in [0.29, 0.717) is 5.92 Å². The topological polar surface area (TPSA) is 35.5 Å². The summed E-state index contributed by atoms with van der Waals surface area (Å²) in [5.74, 6) is 0.650. The van der Waals surface area contributed by atoms with Crippen molar-refractivity contribution in [1.29, 1.82) is 0 Å². The molecule has 0 amide bonds. The van der Waals surface area contributed by atoms with Crippen LogP contribution in [0.15, 0.2) is 0 Å². The lowest BCUT2D eigenvalue weighted by Gasteiger charge is -2.30. The summed E-state index contributed by atoms with van der Waals surface area (Å²) in [5.41, 5.74) is -0.398. The number of aliphatic hydroxyl groups is 1. The molecule has 2 N–H and O–H groups in total. The molecule has 17 heavy (non-hydrogen) atoms. The zero-order valence-electron chi connectivity index (χ0n) is 11.8. The quantitative estimate of drug-likeness (QED) is 0.638. The minimum Gasteiger partial charge on any atom is -0.389 e. The maximum atomic E-state index is 10.3. The molecule has 0 aromatic rings. The summed E-state index contributed by atoms with van der Waals surface area (Å²) in [6.45, 7) is 8.57. The molecule has 0 bridgehead atoms. The van der Waals surface area contributed by atoms with Crippen molar-refractivity contribution in [2.75, 3.05) is 33.2 Å². The van der Waals surface area contributed by atoms with Gasteiger partial charge >= 0.3 is 0 Å². The molecule has 1 unspecified atom stereocenters. The average molecular weight is 242 g/mol. The van der Waals surface area contributed by atoms with Crippen LogP contribution in [0.5, 0.6) is 0 Å². The smallest absolute Gasteiger partial charge is 0.0774 e. The van der Waals surface area contributed by atoms with Crippen LogP contribution >= 0.6 is 0 Å². The number of hydrogen-bond acceptors (Lipinski definition) is 3. The molecular weight excluding hydrogens is 212 g/mol. The third kappa shape index (κ3) is 5.84. The highest BCUT2D eigenvalue weighted by atomic mass is 16.3.